The Morgan fingerprint density at radius 2 is 1.68 bits per heavy atom. The Morgan fingerprint density at radius 3 is 2.24 bits per heavy atom. The number of nitrogens with zero attached hydrogens (tertiary/aromatic N) is 1. The quantitative estimate of drug-likeness (QED) is 0.856. The van der Waals surface area contributed by atoms with Crippen LogP contribution in [-0.4, -0.2) is 31.1 Å². The van der Waals surface area contributed by atoms with E-state index in [0.29, 0.717) is 19.1 Å². The van der Waals surface area contributed by atoms with Crippen LogP contribution in [0.3, 0.4) is 0 Å². The van der Waals surface area contributed by atoms with Crippen LogP contribution in [0.2, 0.25) is 0 Å². The molecule has 1 fully saturated rings. The molecule has 0 atom stereocenters. The number of anilines is 1. The minimum Gasteiger partial charge on any atom is -0.336 e. The second-order valence-corrected chi connectivity index (χ2v) is 7.15. The van der Waals surface area contributed by atoms with Crippen molar-refractivity contribution in [3.63, 3.8) is 0 Å². The third-order valence-electron chi connectivity index (χ3n) is 4.85. The monoisotopic (exact) mass is 345 g/mol. The molecule has 2 rings (SSSR count). The molecule has 138 valence electrons. The van der Waals surface area contributed by atoms with Gasteiger partial charge in [-0.1, -0.05) is 37.0 Å². The van der Waals surface area contributed by atoms with E-state index in [9.17, 15) is 9.59 Å². The molecule has 0 bridgehead atoms. The second kappa shape index (κ2) is 8.88. The van der Waals surface area contributed by atoms with E-state index in [4.69, 9.17) is 0 Å². The van der Waals surface area contributed by atoms with Gasteiger partial charge in [0.1, 0.15) is 0 Å². The number of amides is 3. The van der Waals surface area contributed by atoms with Gasteiger partial charge in [-0.25, -0.2) is 4.79 Å². The zero-order valence-electron chi connectivity index (χ0n) is 15.9. The summed E-state index contributed by atoms with van der Waals surface area (Å²) in [5, 5.41) is 5.93. The highest BCUT2D eigenvalue weighted by atomic mass is 16.2. The Hall–Kier alpha value is -2.04. The first kappa shape index (κ1) is 19.3. The molecule has 1 aromatic rings. The van der Waals surface area contributed by atoms with Crippen LogP contribution in [0, 0.1) is 20.8 Å². The molecule has 1 aliphatic rings. The number of benzene rings is 1. The summed E-state index contributed by atoms with van der Waals surface area (Å²) >= 11 is 0. The molecule has 0 aromatic heterocycles. The maximum Gasteiger partial charge on any atom is 0.315 e. The SMILES string of the molecule is CC(=O)N(CCNC(=O)NC1CCCCC1)c1c(C)cc(C)cc1C. The van der Waals surface area contributed by atoms with E-state index in [1.807, 2.05) is 13.8 Å². The van der Waals surface area contributed by atoms with Crippen molar-refractivity contribution in [1.29, 1.82) is 0 Å². The zero-order valence-corrected chi connectivity index (χ0v) is 15.9. The van der Waals surface area contributed by atoms with Crippen molar-refractivity contribution in [3.05, 3.63) is 28.8 Å². The van der Waals surface area contributed by atoms with Crippen molar-refractivity contribution < 1.29 is 9.59 Å². The standard InChI is InChI=1S/C20H31N3O2/c1-14-12-15(2)19(16(3)13-14)23(17(4)24)11-10-21-20(25)22-18-8-6-5-7-9-18/h12-13,18H,5-11H2,1-4H3,(H2,21,22,25). The summed E-state index contributed by atoms with van der Waals surface area (Å²) in [4.78, 5) is 25.9. The van der Waals surface area contributed by atoms with Crippen LogP contribution in [-0.2, 0) is 4.79 Å². The molecule has 3 amide bonds. The Bertz CT molecular complexity index is 598. The third kappa shape index (κ3) is 5.48. The first-order valence-electron chi connectivity index (χ1n) is 9.29. The molecule has 0 spiro atoms. The van der Waals surface area contributed by atoms with Crippen LogP contribution >= 0.6 is 0 Å². The molecule has 1 aromatic carbocycles. The van der Waals surface area contributed by atoms with Gasteiger partial charge in [-0.15, -0.1) is 0 Å². The van der Waals surface area contributed by atoms with E-state index >= 15 is 0 Å². The lowest BCUT2D eigenvalue weighted by Gasteiger charge is -2.26. The van der Waals surface area contributed by atoms with Gasteiger partial charge >= 0.3 is 6.03 Å². The van der Waals surface area contributed by atoms with Gasteiger partial charge in [0.05, 0.1) is 0 Å². The summed E-state index contributed by atoms with van der Waals surface area (Å²) in [5.41, 5.74) is 4.30. The Kier molecular flexibility index (Phi) is 6.85. The molecule has 2 N–H and O–H groups in total. The summed E-state index contributed by atoms with van der Waals surface area (Å²) in [5.74, 6) is -0.00968. The van der Waals surface area contributed by atoms with Crippen LogP contribution in [0.25, 0.3) is 0 Å². The van der Waals surface area contributed by atoms with Crippen molar-refractivity contribution >= 4 is 17.6 Å². The smallest absolute Gasteiger partial charge is 0.315 e. The molecule has 1 saturated carbocycles. The van der Waals surface area contributed by atoms with Crippen molar-refractivity contribution in [2.45, 2.75) is 65.8 Å². The Labute approximate surface area is 151 Å². The summed E-state index contributed by atoms with van der Waals surface area (Å²) in [6.07, 6.45) is 5.77. The maximum atomic E-state index is 12.1. The highest BCUT2D eigenvalue weighted by Crippen LogP contribution is 2.26. The zero-order chi connectivity index (χ0) is 18.4. The van der Waals surface area contributed by atoms with Crippen LogP contribution in [0.5, 0.6) is 0 Å². The lowest BCUT2D eigenvalue weighted by Crippen LogP contribution is -2.46. The molecule has 0 saturated heterocycles. The summed E-state index contributed by atoms with van der Waals surface area (Å²) in [6.45, 7) is 8.58. The first-order valence-corrected chi connectivity index (χ1v) is 9.29. The average molecular weight is 345 g/mol. The summed E-state index contributed by atoms with van der Waals surface area (Å²) < 4.78 is 0. The largest absolute Gasteiger partial charge is 0.336 e. The van der Waals surface area contributed by atoms with Gasteiger partial charge in [0.2, 0.25) is 5.91 Å². The molecule has 5 nitrogen and oxygen atoms in total. The lowest BCUT2D eigenvalue weighted by molar-refractivity contribution is -0.116. The van der Waals surface area contributed by atoms with Crippen molar-refractivity contribution in [2.75, 3.05) is 18.0 Å². The third-order valence-corrected chi connectivity index (χ3v) is 4.85. The van der Waals surface area contributed by atoms with Gasteiger partial charge in [-0.2, -0.15) is 0 Å². The molecule has 0 radical (unpaired) electrons. The number of hydrogen-bond donors (Lipinski definition) is 2. The number of hydrogen-bond acceptors (Lipinski definition) is 2. The fourth-order valence-electron chi connectivity index (χ4n) is 3.79. The molecule has 25 heavy (non-hydrogen) atoms. The van der Waals surface area contributed by atoms with Gasteiger partial charge in [0, 0.05) is 31.7 Å². The number of carbonyl (C=O) groups is 2. The van der Waals surface area contributed by atoms with Crippen LogP contribution < -0.4 is 15.5 Å². The number of rotatable bonds is 5. The topological polar surface area (TPSA) is 61.4 Å². The van der Waals surface area contributed by atoms with Gasteiger partial charge in [-0.3, -0.25) is 4.79 Å². The normalized spacial score (nSPS) is 14.9. The van der Waals surface area contributed by atoms with Gasteiger partial charge in [0.15, 0.2) is 0 Å². The molecule has 0 heterocycles. The first-order chi connectivity index (χ1) is 11.9. The van der Waals surface area contributed by atoms with E-state index in [1.54, 1.807) is 11.8 Å². The molecular weight excluding hydrogens is 314 g/mol. The molecule has 0 unspecified atom stereocenters. The maximum absolute atomic E-state index is 12.1. The van der Waals surface area contributed by atoms with Gasteiger partial charge < -0.3 is 15.5 Å². The second-order valence-electron chi connectivity index (χ2n) is 7.15. The van der Waals surface area contributed by atoms with E-state index in [-0.39, 0.29) is 11.9 Å². The number of carbonyl (C=O) groups excluding carboxylic acids is 2. The lowest BCUT2D eigenvalue weighted by atomic mass is 9.96. The minimum absolute atomic E-state index is 0.00968. The van der Waals surface area contributed by atoms with Gasteiger partial charge in [-0.05, 0) is 44.7 Å². The number of aryl methyl sites for hydroxylation is 3. The highest BCUT2D eigenvalue weighted by molar-refractivity contribution is 5.93. The minimum atomic E-state index is -0.132. The fraction of sp³-hybridized carbons (Fsp3) is 0.600. The van der Waals surface area contributed by atoms with Crippen LogP contribution in [0.4, 0.5) is 10.5 Å². The van der Waals surface area contributed by atoms with E-state index in [2.05, 4.69) is 29.7 Å². The molecule has 0 aliphatic heterocycles. The molecular formula is C20H31N3O2. The van der Waals surface area contributed by atoms with Gasteiger partial charge in [0.25, 0.3) is 0 Å². The number of nitrogens with one attached hydrogen (secondary N) is 2. The van der Waals surface area contributed by atoms with E-state index in [1.165, 1.54) is 24.8 Å². The van der Waals surface area contributed by atoms with Crippen molar-refractivity contribution in [1.82, 2.24) is 10.6 Å². The Morgan fingerprint density at radius 1 is 1.08 bits per heavy atom. The summed E-state index contributed by atoms with van der Waals surface area (Å²) in [6, 6.07) is 4.33. The number of urea groups is 1. The fourth-order valence-corrected chi connectivity index (χ4v) is 3.79. The van der Waals surface area contributed by atoms with Crippen molar-refractivity contribution in [2.24, 2.45) is 0 Å². The summed E-state index contributed by atoms with van der Waals surface area (Å²) in [7, 11) is 0. The highest BCUT2D eigenvalue weighted by Gasteiger charge is 2.18. The Balaban J connectivity index is 1.92. The molecule has 5 heteroatoms. The van der Waals surface area contributed by atoms with E-state index in [0.717, 1.165) is 29.7 Å². The predicted octanol–water partition coefficient (Wildman–Crippen LogP) is 3.60. The van der Waals surface area contributed by atoms with Crippen molar-refractivity contribution in [3.8, 4) is 0 Å². The van der Waals surface area contributed by atoms with Crippen LogP contribution in [0.1, 0.15) is 55.7 Å². The van der Waals surface area contributed by atoms with Crippen LogP contribution in [0.15, 0.2) is 12.1 Å². The van der Waals surface area contributed by atoms with E-state index < -0.39 is 0 Å². The predicted molar refractivity (Wildman–Crippen MR) is 102 cm³/mol. The molecule has 1 aliphatic carbocycles. The average Bonchev–Trinajstić information content (AvgIpc) is 2.53.